The maximum absolute atomic E-state index is 13.3. The third-order valence-corrected chi connectivity index (χ3v) is 5.99. The Hall–Kier alpha value is -2.91. The van der Waals surface area contributed by atoms with E-state index in [-0.39, 0.29) is 23.9 Å². The average Bonchev–Trinajstić information content (AvgIpc) is 3.14. The molecule has 1 aromatic heterocycles. The number of carbonyl (C=O) groups is 1. The Morgan fingerprint density at radius 3 is 2.52 bits per heavy atom. The highest BCUT2D eigenvalue weighted by molar-refractivity contribution is 7.90. The number of hydrogen-bond acceptors (Lipinski definition) is 5. The van der Waals surface area contributed by atoms with Gasteiger partial charge < -0.3 is 10.1 Å². The highest BCUT2D eigenvalue weighted by Crippen LogP contribution is 2.33. The molecule has 0 saturated carbocycles. The summed E-state index contributed by atoms with van der Waals surface area (Å²) in [5, 5.41) is 7.53. The normalized spacial score (nSPS) is 14.4. The van der Waals surface area contributed by atoms with Crippen LogP contribution in [0.1, 0.15) is 11.3 Å². The van der Waals surface area contributed by atoms with Gasteiger partial charge in [0.2, 0.25) is 0 Å². The van der Waals surface area contributed by atoms with Gasteiger partial charge in [-0.1, -0.05) is 11.6 Å². The van der Waals surface area contributed by atoms with E-state index in [9.17, 15) is 17.6 Å². The summed E-state index contributed by atoms with van der Waals surface area (Å²) in [5.41, 5.74) is 1.28. The molecule has 1 aliphatic heterocycles. The van der Waals surface area contributed by atoms with Crippen LogP contribution in [0.15, 0.2) is 48.5 Å². The Balaban J connectivity index is 1.59. The van der Waals surface area contributed by atoms with Crippen LogP contribution in [0.25, 0.3) is 5.69 Å². The van der Waals surface area contributed by atoms with Crippen LogP contribution >= 0.6 is 11.6 Å². The number of aromatic nitrogens is 2. The van der Waals surface area contributed by atoms with Crippen molar-refractivity contribution in [2.75, 3.05) is 11.9 Å². The minimum Gasteiger partial charge on any atom is -0.484 e. The minimum absolute atomic E-state index is 0.208. The van der Waals surface area contributed by atoms with Crippen LogP contribution in [0.2, 0.25) is 5.02 Å². The second kappa shape index (κ2) is 7.49. The molecule has 4 rings (SSSR count). The second-order valence-corrected chi connectivity index (χ2v) is 8.99. The smallest absolute Gasteiger partial charge is 0.263 e. The zero-order valence-electron chi connectivity index (χ0n) is 14.9. The van der Waals surface area contributed by atoms with E-state index in [2.05, 4.69) is 10.4 Å². The summed E-state index contributed by atoms with van der Waals surface area (Å²) < 4.78 is 44.0. The first-order valence-corrected chi connectivity index (χ1v) is 10.8. The van der Waals surface area contributed by atoms with Crippen molar-refractivity contribution in [2.24, 2.45) is 0 Å². The third kappa shape index (κ3) is 4.25. The Morgan fingerprint density at radius 1 is 1.14 bits per heavy atom. The van der Waals surface area contributed by atoms with Gasteiger partial charge >= 0.3 is 0 Å². The SMILES string of the molecule is O=C(COc1ccc(Cl)cc1)Nc1c2c(nn1-c1ccc(F)cc1)CS(=O)(=O)C2. The van der Waals surface area contributed by atoms with Gasteiger partial charge in [0.15, 0.2) is 16.4 Å². The lowest BCUT2D eigenvalue weighted by molar-refractivity contribution is -0.118. The number of hydrogen-bond donors (Lipinski definition) is 1. The number of ether oxygens (including phenoxy) is 1. The van der Waals surface area contributed by atoms with Crippen molar-refractivity contribution in [3.05, 3.63) is 70.6 Å². The van der Waals surface area contributed by atoms with Crippen LogP contribution in [0, 0.1) is 5.82 Å². The highest BCUT2D eigenvalue weighted by atomic mass is 35.5. The number of carbonyl (C=O) groups excluding carboxylic acids is 1. The van der Waals surface area contributed by atoms with Crippen LogP contribution in [0.3, 0.4) is 0 Å². The molecule has 0 fully saturated rings. The van der Waals surface area contributed by atoms with E-state index in [1.54, 1.807) is 24.3 Å². The molecule has 0 bridgehead atoms. The predicted octanol–water partition coefficient (Wildman–Crippen LogP) is 3.11. The first kappa shape index (κ1) is 19.4. The summed E-state index contributed by atoms with van der Waals surface area (Å²) >= 11 is 5.81. The number of nitrogens with zero attached hydrogens (tertiary/aromatic N) is 2. The number of halogens is 2. The topological polar surface area (TPSA) is 90.3 Å². The molecule has 0 unspecified atom stereocenters. The number of sulfone groups is 1. The van der Waals surface area contributed by atoms with Crippen LogP contribution in [0.5, 0.6) is 5.75 Å². The molecule has 7 nitrogen and oxygen atoms in total. The lowest BCUT2D eigenvalue weighted by atomic mass is 10.2. The molecule has 150 valence electrons. The van der Waals surface area contributed by atoms with Gasteiger partial charge in [-0.15, -0.1) is 0 Å². The van der Waals surface area contributed by atoms with E-state index in [1.807, 2.05) is 0 Å². The van der Waals surface area contributed by atoms with E-state index < -0.39 is 21.6 Å². The summed E-state index contributed by atoms with van der Waals surface area (Å²) in [6.07, 6.45) is 0. The zero-order chi connectivity index (χ0) is 20.6. The van der Waals surface area contributed by atoms with Gasteiger partial charge in [-0.05, 0) is 48.5 Å². The molecule has 0 radical (unpaired) electrons. The van der Waals surface area contributed by atoms with Gasteiger partial charge in [0, 0.05) is 10.6 Å². The molecule has 1 aliphatic rings. The molecule has 0 aliphatic carbocycles. The van der Waals surface area contributed by atoms with E-state index in [1.165, 1.54) is 28.9 Å². The Bertz CT molecular complexity index is 1180. The standard InChI is InChI=1S/C19H15ClFN3O4S/c20-12-1-7-15(8-2-12)28-9-18(25)22-19-16-10-29(26,27)11-17(16)23-24(19)14-5-3-13(21)4-6-14/h1-8H,9-11H2,(H,22,25). The number of fused-ring (bicyclic) bond motifs is 1. The van der Waals surface area contributed by atoms with Crippen molar-refractivity contribution in [3.63, 3.8) is 0 Å². The molecule has 0 spiro atoms. The average molecular weight is 436 g/mol. The van der Waals surface area contributed by atoms with Gasteiger partial charge in [0.25, 0.3) is 5.91 Å². The number of nitrogens with one attached hydrogen (secondary N) is 1. The number of rotatable bonds is 5. The van der Waals surface area contributed by atoms with Gasteiger partial charge in [-0.3, -0.25) is 4.79 Å². The van der Waals surface area contributed by atoms with E-state index in [4.69, 9.17) is 16.3 Å². The van der Waals surface area contributed by atoms with Crippen LogP contribution in [-0.4, -0.2) is 30.7 Å². The molecule has 0 atom stereocenters. The molecule has 0 saturated heterocycles. The number of anilines is 1. The van der Waals surface area contributed by atoms with Gasteiger partial charge in [0.05, 0.1) is 22.9 Å². The maximum atomic E-state index is 13.3. The molecule has 2 aromatic carbocycles. The van der Waals surface area contributed by atoms with Crippen molar-refractivity contribution in [1.29, 1.82) is 0 Å². The minimum atomic E-state index is -3.32. The fraction of sp³-hybridized carbons (Fsp3) is 0.158. The monoisotopic (exact) mass is 435 g/mol. The van der Waals surface area contributed by atoms with Crippen LogP contribution in [0.4, 0.5) is 10.2 Å². The van der Waals surface area contributed by atoms with Crippen LogP contribution in [-0.2, 0) is 26.1 Å². The molecule has 1 amide bonds. The lowest BCUT2D eigenvalue weighted by Crippen LogP contribution is -2.22. The quantitative estimate of drug-likeness (QED) is 0.665. The van der Waals surface area contributed by atoms with Crippen LogP contribution < -0.4 is 10.1 Å². The van der Waals surface area contributed by atoms with Crippen molar-refractivity contribution < 1.29 is 22.3 Å². The Morgan fingerprint density at radius 2 is 1.83 bits per heavy atom. The first-order valence-electron chi connectivity index (χ1n) is 8.56. The second-order valence-electron chi connectivity index (χ2n) is 6.49. The first-order chi connectivity index (χ1) is 13.8. The largest absolute Gasteiger partial charge is 0.484 e. The van der Waals surface area contributed by atoms with Crippen molar-refractivity contribution in [1.82, 2.24) is 9.78 Å². The van der Waals surface area contributed by atoms with Crippen molar-refractivity contribution >= 4 is 33.2 Å². The third-order valence-electron chi connectivity index (χ3n) is 4.30. The van der Waals surface area contributed by atoms with Crippen molar-refractivity contribution in [3.8, 4) is 11.4 Å². The zero-order valence-corrected chi connectivity index (χ0v) is 16.5. The fourth-order valence-corrected chi connectivity index (χ4v) is 4.61. The highest BCUT2D eigenvalue weighted by Gasteiger charge is 2.33. The summed E-state index contributed by atoms with van der Waals surface area (Å²) in [6.45, 7) is -0.294. The van der Waals surface area contributed by atoms with E-state index >= 15 is 0 Å². The summed E-state index contributed by atoms with van der Waals surface area (Å²) in [4.78, 5) is 12.4. The van der Waals surface area contributed by atoms with E-state index in [0.717, 1.165) is 0 Å². The summed E-state index contributed by atoms with van der Waals surface area (Å²) in [6, 6.07) is 12.0. The molecule has 10 heteroatoms. The lowest BCUT2D eigenvalue weighted by Gasteiger charge is -2.12. The Labute approximate surface area is 171 Å². The number of amides is 1. The van der Waals surface area contributed by atoms with Gasteiger partial charge in [-0.2, -0.15) is 5.10 Å². The van der Waals surface area contributed by atoms with Crippen molar-refractivity contribution in [2.45, 2.75) is 11.5 Å². The molecular weight excluding hydrogens is 421 g/mol. The molecule has 29 heavy (non-hydrogen) atoms. The summed E-state index contributed by atoms with van der Waals surface area (Å²) in [7, 11) is -3.32. The fourth-order valence-electron chi connectivity index (χ4n) is 2.99. The Kier molecular flexibility index (Phi) is 5.01. The predicted molar refractivity (Wildman–Crippen MR) is 105 cm³/mol. The van der Waals surface area contributed by atoms with E-state index in [0.29, 0.717) is 27.7 Å². The molecule has 1 N–H and O–H groups in total. The molecular formula is C19H15ClFN3O4S. The van der Waals surface area contributed by atoms with Gasteiger partial charge in [-0.25, -0.2) is 17.5 Å². The maximum Gasteiger partial charge on any atom is 0.263 e. The summed E-state index contributed by atoms with van der Waals surface area (Å²) in [5.74, 6) is -0.646. The molecule has 2 heterocycles. The van der Waals surface area contributed by atoms with Gasteiger partial charge in [0.1, 0.15) is 17.4 Å². The molecule has 3 aromatic rings. The number of benzene rings is 2.